The molecule has 3 nitrogen and oxygen atoms in total. The van der Waals surface area contributed by atoms with Crippen molar-refractivity contribution in [3.63, 3.8) is 0 Å². The zero-order valence-electron chi connectivity index (χ0n) is 18.1. The van der Waals surface area contributed by atoms with Crippen LogP contribution in [-0.4, -0.2) is 15.6 Å². The number of carboxylic acids is 1. The summed E-state index contributed by atoms with van der Waals surface area (Å²) in [6, 6.07) is 13.5. The van der Waals surface area contributed by atoms with Gasteiger partial charge in [-0.05, 0) is 54.5 Å². The number of allylic oxidation sites excluding steroid dienone is 2. The second-order valence-electron chi connectivity index (χ2n) is 8.59. The van der Waals surface area contributed by atoms with Crippen molar-refractivity contribution < 1.29 is 9.90 Å². The van der Waals surface area contributed by atoms with Gasteiger partial charge in [0.15, 0.2) is 0 Å². The van der Waals surface area contributed by atoms with Gasteiger partial charge in [-0.3, -0.25) is 0 Å². The van der Waals surface area contributed by atoms with Gasteiger partial charge in [-0.1, -0.05) is 80.6 Å². The van der Waals surface area contributed by atoms with Crippen LogP contribution in [0.25, 0.3) is 10.9 Å². The van der Waals surface area contributed by atoms with E-state index in [-0.39, 0.29) is 0 Å². The van der Waals surface area contributed by atoms with E-state index in [1.807, 2.05) is 24.3 Å². The maximum absolute atomic E-state index is 12.1. The molecule has 4 heteroatoms. The Hall–Kier alpha value is -2.52. The molecule has 1 N–H and O–H groups in total. The lowest BCUT2D eigenvalue weighted by Gasteiger charge is -2.17. The lowest BCUT2D eigenvalue weighted by Crippen LogP contribution is -2.11. The lowest BCUT2D eigenvalue weighted by atomic mass is 9.95. The van der Waals surface area contributed by atoms with Gasteiger partial charge in [0.1, 0.15) is 0 Å². The van der Waals surface area contributed by atoms with Crippen molar-refractivity contribution in [2.24, 2.45) is 5.92 Å². The quantitative estimate of drug-likeness (QED) is 0.298. The van der Waals surface area contributed by atoms with Crippen LogP contribution in [0.1, 0.15) is 66.2 Å². The zero-order valence-corrected chi connectivity index (χ0v) is 18.9. The largest absolute Gasteiger partial charge is 0.478 e. The minimum Gasteiger partial charge on any atom is -0.478 e. The molecule has 0 spiro atoms. The molecule has 2 aromatic carbocycles. The summed E-state index contributed by atoms with van der Waals surface area (Å²) < 4.78 is 2.24. The highest BCUT2D eigenvalue weighted by molar-refractivity contribution is 6.30. The first-order valence-corrected chi connectivity index (χ1v) is 11.7. The van der Waals surface area contributed by atoms with Crippen molar-refractivity contribution in [3.05, 3.63) is 82.0 Å². The van der Waals surface area contributed by atoms with E-state index in [0.29, 0.717) is 23.0 Å². The molecule has 0 saturated heterocycles. The van der Waals surface area contributed by atoms with Gasteiger partial charge < -0.3 is 9.67 Å². The topological polar surface area (TPSA) is 42.2 Å². The SMILES string of the molecule is CCCCCCC1C=CCc2c(n(Cc3cccc(Cl)c3)c3c(C(=O)O)cccc23)C1. The van der Waals surface area contributed by atoms with E-state index in [9.17, 15) is 9.90 Å². The van der Waals surface area contributed by atoms with Gasteiger partial charge in [-0.15, -0.1) is 0 Å². The van der Waals surface area contributed by atoms with Gasteiger partial charge >= 0.3 is 5.97 Å². The molecule has 1 atom stereocenters. The van der Waals surface area contributed by atoms with Crippen molar-refractivity contribution in [1.82, 2.24) is 4.57 Å². The highest BCUT2D eigenvalue weighted by Crippen LogP contribution is 2.35. The molecule has 1 aliphatic carbocycles. The molecule has 4 rings (SSSR count). The summed E-state index contributed by atoms with van der Waals surface area (Å²) in [6.45, 7) is 2.87. The predicted octanol–water partition coefficient (Wildman–Crippen LogP) is 7.28. The van der Waals surface area contributed by atoms with E-state index in [4.69, 9.17) is 11.6 Å². The first-order chi connectivity index (χ1) is 15.1. The summed E-state index contributed by atoms with van der Waals surface area (Å²) in [5.41, 5.74) is 4.83. The second kappa shape index (κ2) is 9.74. The van der Waals surface area contributed by atoms with Crippen molar-refractivity contribution in [1.29, 1.82) is 0 Å². The zero-order chi connectivity index (χ0) is 21.8. The second-order valence-corrected chi connectivity index (χ2v) is 9.03. The molecule has 1 aromatic heterocycles. The summed E-state index contributed by atoms with van der Waals surface area (Å²) in [4.78, 5) is 12.1. The molecule has 0 saturated carbocycles. The third-order valence-corrected chi connectivity index (χ3v) is 6.61. The number of hydrogen-bond acceptors (Lipinski definition) is 1. The van der Waals surface area contributed by atoms with Crippen LogP contribution < -0.4 is 0 Å². The number of nitrogens with zero attached hydrogens (tertiary/aromatic N) is 1. The van der Waals surface area contributed by atoms with E-state index < -0.39 is 5.97 Å². The Morgan fingerprint density at radius 2 is 2.00 bits per heavy atom. The Labute approximate surface area is 189 Å². The number of para-hydroxylation sites is 1. The Balaban J connectivity index is 1.79. The summed E-state index contributed by atoms with van der Waals surface area (Å²) in [5, 5.41) is 11.7. The molecular formula is C27H30ClNO2. The fraction of sp³-hybridized carbons (Fsp3) is 0.370. The number of carboxylic acid groups (broad SMARTS) is 1. The maximum atomic E-state index is 12.1. The van der Waals surface area contributed by atoms with Crippen LogP contribution in [-0.2, 0) is 19.4 Å². The summed E-state index contributed by atoms with van der Waals surface area (Å²) in [6.07, 6.45) is 12.7. The average molecular weight is 436 g/mol. The third kappa shape index (κ3) is 4.72. The first kappa shape index (κ1) is 21.7. The van der Waals surface area contributed by atoms with Crippen molar-refractivity contribution >= 4 is 28.5 Å². The first-order valence-electron chi connectivity index (χ1n) is 11.4. The number of halogens is 1. The number of unbranched alkanes of at least 4 members (excludes halogenated alkanes) is 3. The van der Waals surface area contributed by atoms with Crippen LogP contribution >= 0.6 is 11.6 Å². The molecular weight excluding hydrogens is 406 g/mol. The predicted molar refractivity (Wildman–Crippen MR) is 128 cm³/mol. The molecule has 1 aliphatic rings. The minimum atomic E-state index is -0.878. The van der Waals surface area contributed by atoms with Crippen molar-refractivity contribution in [2.45, 2.75) is 58.4 Å². The lowest BCUT2D eigenvalue weighted by molar-refractivity contribution is 0.0698. The van der Waals surface area contributed by atoms with E-state index >= 15 is 0 Å². The highest BCUT2D eigenvalue weighted by atomic mass is 35.5. The number of aromatic nitrogens is 1. The van der Waals surface area contributed by atoms with Crippen LogP contribution in [0.3, 0.4) is 0 Å². The molecule has 0 aliphatic heterocycles. The van der Waals surface area contributed by atoms with E-state index in [0.717, 1.165) is 29.3 Å². The number of rotatable bonds is 8. The molecule has 31 heavy (non-hydrogen) atoms. The van der Waals surface area contributed by atoms with E-state index in [1.165, 1.54) is 43.4 Å². The maximum Gasteiger partial charge on any atom is 0.337 e. The van der Waals surface area contributed by atoms with Gasteiger partial charge in [0, 0.05) is 22.6 Å². The van der Waals surface area contributed by atoms with Crippen molar-refractivity contribution in [3.8, 4) is 0 Å². The summed E-state index contributed by atoms with van der Waals surface area (Å²) in [5.74, 6) is -0.383. The average Bonchev–Trinajstić information content (AvgIpc) is 2.90. The molecule has 1 heterocycles. The van der Waals surface area contributed by atoms with Crippen LogP contribution in [0.15, 0.2) is 54.6 Å². The minimum absolute atomic E-state index is 0.371. The molecule has 0 bridgehead atoms. The standard InChI is InChI=1S/C27H30ClNO2/c1-2-3-4-5-9-19-10-7-13-22-23-14-8-15-24(27(30)31)26(23)29(25(22)17-19)18-20-11-6-12-21(28)16-20/h6-8,10-12,14-16,19H,2-5,9,13,17-18H2,1H3,(H,30,31). The molecule has 162 valence electrons. The van der Waals surface area contributed by atoms with Crippen LogP contribution in [0.4, 0.5) is 0 Å². The smallest absolute Gasteiger partial charge is 0.337 e. The fourth-order valence-electron chi connectivity index (χ4n) is 4.88. The Morgan fingerprint density at radius 3 is 2.77 bits per heavy atom. The fourth-order valence-corrected chi connectivity index (χ4v) is 5.10. The highest BCUT2D eigenvalue weighted by Gasteiger charge is 2.24. The summed E-state index contributed by atoms with van der Waals surface area (Å²) in [7, 11) is 0. The van der Waals surface area contributed by atoms with Crippen LogP contribution in [0.5, 0.6) is 0 Å². The van der Waals surface area contributed by atoms with Crippen LogP contribution in [0, 0.1) is 5.92 Å². The molecule has 0 fully saturated rings. The Kier molecular flexibility index (Phi) is 6.82. The molecule has 3 aromatic rings. The summed E-state index contributed by atoms with van der Waals surface area (Å²) >= 11 is 6.25. The van der Waals surface area contributed by atoms with Crippen LogP contribution in [0.2, 0.25) is 5.02 Å². The van der Waals surface area contributed by atoms with Gasteiger partial charge in [-0.25, -0.2) is 4.79 Å². The molecule has 0 amide bonds. The van der Waals surface area contributed by atoms with Crippen molar-refractivity contribution in [2.75, 3.05) is 0 Å². The normalized spacial score (nSPS) is 15.7. The van der Waals surface area contributed by atoms with Gasteiger partial charge in [0.2, 0.25) is 0 Å². The Morgan fingerprint density at radius 1 is 1.16 bits per heavy atom. The van der Waals surface area contributed by atoms with Gasteiger partial charge in [0.05, 0.1) is 11.1 Å². The molecule has 1 unspecified atom stereocenters. The number of fused-ring (bicyclic) bond motifs is 3. The third-order valence-electron chi connectivity index (χ3n) is 6.38. The van der Waals surface area contributed by atoms with Gasteiger partial charge in [0.25, 0.3) is 0 Å². The van der Waals surface area contributed by atoms with E-state index in [2.05, 4.69) is 35.8 Å². The number of carbonyl (C=O) groups is 1. The van der Waals surface area contributed by atoms with Gasteiger partial charge in [-0.2, -0.15) is 0 Å². The number of aromatic carboxylic acids is 1. The monoisotopic (exact) mass is 435 g/mol. The molecule has 0 radical (unpaired) electrons. The number of benzene rings is 2. The Bertz CT molecular complexity index is 1110. The number of hydrogen-bond donors (Lipinski definition) is 1. The van der Waals surface area contributed by atoms with E-state index in [1.54, 1.807) is 6.07 Å².